The van der Waals surface area contributed by atoms with Crippen LogP contribution >= 0.6 is 0 Å². The average Bonchev–Trinajstić information content (AvgIpc) is 3.82. The van der Waals surface area contributed by atoms with E-state index in [2.05, 4.69) is 25.8 Å². The molecule has 14 heteroatoms. The van der Waals surface area contributed by atoms with Crippen LogP contribution in [-0.2, 0) is 22.6 Å². The number of amides is 3. The molecule has 2 aliphatic heterocycles. The highest BCUT2D eigenvalue weighted by Gasteiger charge is 2.38. The van der Waals surface area contributed by atoms with E-state index in [1.807, 2.05) is 30.3 Å². The van der Waals surface area contributed by atoms with Crippen molar-refractivity contribution in [2.75, 3.05) is 40.3 Å². The molecular weight excluding hydrogens is 580 g/mol. The van der Waals surface area contributed by atoms with Gasteiger partial charge in [-0.1, -0.05) is 46.8 Å². The van der Waals surface area contributed by atoms with E-state index >= 15 is 0 Å². The number of rotatable bonds is 5. The fourth-order valence-corrected chi connectivity index (χ4v) is 5.65. The first-order chi connectivity index (χ1) is 21.9. The maximum absolute atomic E-state index is 13.3. The molecule has 2 aliphatic rings. The first-order valence-electron chi connectivity index (χ1n) is 14.8. The number of aryl methyl sites for hydroxylation is 1. The number of hydrogen-bond donors (Lipinski definition) is 1. The van der Waals surface area contributed by atoms with Crippen LogP contribution in [0.15, 0.2) is 59.3 Å². The summed E-state index contributed by atoms with van der Waals surface area (Å²) in [6, 6.07) is 14.3. The number of fused-ring (bicyclic) bond motifs is 5. The summed E-state index contributed by atoms with van der Waals surface area (Å²) in [6.07, 6.45) is 2.41. The summed E-state index contributed by atoms with van der Waals surface area (Å²) in [5.74, 6) is 0.852. The Hall–Kier alpha value is -5.27. The van der Waals surface area contributed by atoms with Crippen LogP contribution in [0.1, 0.15) is 40.8 Å². The number of carbonyl (C=O) groups is 3. The molecule has 0 saturated carbocycles. The fraction of sp³-hybridized carbons (Fsp3) is 0.387. The second-order valence-corrected chi connectivity index (χ2v) is 11.1. The number of ether oxygens (including phenoxy) is 2. The molecule has 4 aromatic rings. The summed E-state index contributed by atoms with van der Waals surface area (Å²) in [5.41, 5.74) is 1.70. The Bertz CT molecular complexity index is 1670. The third kappa shape index (κ3) is 6.64. The Labute approximate surface area is 259 Å². The monoisotopic (exact) mass is 614 g/mol. The maximum Gasteiger partial charge on any atom is 0.257 e. The highest BCUT2D eigenvalue weighted by atomic mass is 16.5. The van der Waals surface area contributed by atoms with Gasteiger partial charge in [-0.05, 0) is 12.1 Å². The van der Waals surface area contributed by atoms with Crippen molar-refractivity contribution in [3.63, 3.8) is 0 Å². The van der Waals surface area contributed by atoms with Gasteiger partial charge in [0.05, 0.1) is 24.9 Å². The first-order valence-corrected chi connectivity index (χ1v) is 14.8. The lowest BCUT2D eigenvalue weighted by atomic mass is 9.99. The second-order valence-electron chi connectivity index (χ2n) is 11.1. The molecule has 1 fully saturated rings. The summed E-state index contributed by atoms with van der Waals surface area (Å²) < 4.78 is 18.6. The van der Waals surface area contributed by atoms with Crippen molar-refractivity contribution in [1.82, 2.24) is 40.3 Å². The van der Waals surface area contributed by atoms with Crippen molar-refractivity contribution in [3.05, 3.63) is 71.9 Å². The Morgan fingerprint density at radius 1 is 1.11 bits per heavy atom. The van der Waals surface area contributed by atoms with E-state index in [4.69, 9.17) is 14.0 Å². The Kier molecular flexibility index (Phi) is 8.71. The van der Waals surface area contributed by atoms with Gasteiger partial charge in [-0.3, -0.25) is 14.4 Å². The van der Waals surface area contributed by atoms with Gasteiger partial charge >= 0.3 is 0 Å². The van der Waals surface area contributed by atoms with Crippen molar-refractivity contribution in [1.29, 1.82) is 0 Å². The molecule has 2 bridgehead atoms. The lowest BCUT2D eigenvalue weighted by Gasteiger charge is -2.21. The predicted octanol–water partition coefficient (Wildman–Crippen LogP) is 2.14. The largest absolute Gasteiger partial charge is 0.493 e. The van der Waals surface area contributed by atoms with Crippen LogP contribution in [0.3, 0.4) is 0 Å². The topological polar surface area (TPSA) is 158 Å². The van der Waals surface area contributed by atoms with E-state index in [0.717, 1.165) is 5.56 Å². The summed E-state index contributed by atoms with van der Waals surface area (Å²) >= 11 is 0. The van der Waals surface area contributed by atoms with E-state index in [9.17, 15) is 14.4 Å². The van der Waals surface area contributed by atoms with Crippen molar-refractivity contribution in [2.24, 2.45) is 5.92 Å². The molecule has 6 rings (SSSR count). The summed E-state index contributed by atoms with van der Waals surface area (Å²) in [4.78, 5) is 47.3. The van der Waals surface area contributed by atoms with Crippen molar-refractivity contribution in [2.45, 2.75) is 31.9 Å². The number of aromatic nitrogens is 5. The molecular formula is C31H34N8O6. The molecule has 2 atom stereocenters. The van der Waals surface area contributed by atoms with Gasteiger partial charge in [-0.15, -0.1) is 5.10 Å². The smallest absolute Gasteiger partial charge is 0.257 e. The van der Waals surface area contributed by atoms with Gasteiger partial charge < -0.3 is 29.1 Å². The molecule has 0 spiro atoms. The SMILES string of the molecule is COc1cccc2c1OCc1cn(nn1)[C@@H]1CN(C(=O)CCc3nc(-c4ccccc4)no3)C[C@@H]1CC(=O)NCCN(C)C2=O. The highest BCUT2D eigenvalue weighted by molar-refractivity contribution is 5.97. The maximum atomic E-state index is 13.3. The zero-order chi connectivity index (χ0) is 31.3. The zero-order valence-corrected chi connectivity index (χ0v) is 25.1. The van der Waals surface area contributed by atoms with E-state index < -0.39 is 0 Å². The second kappa shape index (κ2) is 13.2. The fourth-order valence-electron chi connectivity index (χ4n) is 5.65. The van der Waals surface area contributed by atoms with Gasteiger partial charge in [-0.2, -0.15) is 4.98 Å². The minimum absolute atomic E-state index is 0.0417. The number of hydrogen-bond acceptors (Lipinski definition) is 10. The Morgan fingerprint density at radius 3 is 2.78 bits per heavy atom. The summed E-state index contributed by atoms with van der Waals surface area (Å²) in [6.45, 7) is 1.35. The summed E-state index contributed by atoms with van der Waals surface area (Å²) in [7, 11) is 3.18. The molecule has 45 heavy (non-hydrogen) atoms. The predicted molar refractivity (Wildman–Crippen MR) is 159 cm³/mol. The van der Waals surface area contributed by atoms with Gasteiger partial charge in [0.1, 0.15) is 12.3 Å². The lowest BCUT2D eigenvalue weighted by Crippen LogP contribution is -2.37. The number of likely N-dealkylation sites (tertiary alicyclic amines) is 1. The molecule has 14 nitrogen and oxygen atoms in total. The Morgan fingerprint density at radius 2 is 1.96 bits per heavy atom. The number of carbonyl (C=O) groups excluding carboxylic acids is 3. The number of methoxy groups -OCH3 is 1. The van der Waals surface area contributed by atoms with Gasteiger partial charge in [-0.25, -0.2) is 4.68 Å². The normalized spacial score (nSPS) is 19.0. The summed E-state index contributed by atoms with van der Waals surface area (Å²) in [5, 5.41) is 15.6. The molecule has 1 N–H and O–H groups in total. The highest BCUT2D eigenvalue weighted by Crippen LogP contribution is 2.34. The Balaban J connectivity index is 1.17. The van der Waals surface area contributed by atoms with Crippen LogP contribution in [-0.4, -0.2) is 93.0 Å². The third-order valence-electron chi connectivity index (χ3n) is 8.07. The molecule has 2 aromatic heterocycles. The molecule has 4 heterocycles. The van der Waals surface area contributed by atoms with E-state index in [0.29, 0.717) is 60.5 Å². The average molecular weight is 615 g/mol. The minimum atomic E-state index is -0.270. The van der Waals surface area contributed by atoms with Crippen LogP contribution < -0.4 is 14.8 Å². The molecule has 234 valence electrons. The first kappa shape index (κ1) is 29.8. The van der Waals surface area contributed by atoms with Gasteiger partial charge in [0.25, 0.3) is 5.91 Å². The van der Waals surface area contributed by atoms with E-state index in [1.54, 1.807) is 41.0 Å². The van der Waals surface area contributed by atoms with Gasteiger partial charge in [0.15, 0.2) is 11.5 Å². The van der Waals surface area contributed by atoms with Crippen LogP contribution in [0.25, 0.3) is 11.4 Å². The van der Waals surface area contributed by atoms with E-state index in [-0.39, 0.29) is 55.7 Å². The van der Waals surface area contributed by atoms with Gasteiger partial charge in [0.2, 0.25) is 23.5 Å². The third-order valence-corrected chi connectivity index (χ3v) is 8.07. The van der Waals surface area contributed by atoms with Crippen molar-refractivity contribution in [3.8, 4) is 22.9 Å². The van der Waals surface area contributed by atoms with Crippen molar-refractivity contribution >= 4 is 17.7 Å². The van der Waals surface area contributed by atoms with Crippen LogP contribution in [0.5, 0.6) is 11.5 Å². The number of nitrogens with zero attached hydrogens (tertiary/aromatic N) is 7. The number of nitrogens with one attached hydrogen (secondary N) is 1. The molecule has 0 radical (unpaired) electrons. The molecule has 2 aromatic carbocycles. The van der Waals surface area contributed by atoms with Crippen LogP contribution in [0.2, 0.25) is 0 Å². The van der Waals surface area contributed by atoms with Crippen LogP contribution in [0, 0.1) is 5.92 Å². The number of para-hydroxylation sites is 1. The standard InChI is InChI=1S/C31H34N8O6/c1-37-14-13-32-26(40)15-21-16-38(28(41)12-11-27-33-30(35-45-27)20-7-4-3-5-8-20)18-24(21)39-17-22(34-36-39)19-44-29-23(31(37)42)9-6-10-25(29)43-2/h3-10,17,21,24H,11-16,18-19H2,1-2H3,(H,32,40)/t21-,24+/m0/s1. The quantitative estimate of drug-likeness (QED) is 0.353. The molecule has 3 amide bonds. The number of likely N-dealkylation sites (N-methyl/N-ethyl adjacent to an activating group) is 1. The van der Waals surface area contributed by atoms with E-state index in [1.165, 1.54) is 12.0 Å². The van der Waals surface area contributed by atoms with Crippen molar-refractivity contribution < 1.29 is 28.4 Å². The minimum Gasteiger partial charge on any atom is -0.493 e. The number of benzene rings is 2. The lowest BCUT2D eigenvalue weighted by molar-refractivity contribution is -0.130. The van der Waals surface area contributed by atoms with Crippen LogP contribution in [0.4, 0.5) is 0 Å². The molecule has 0 aliphatic carbocycles. The van der Waals surface area contributed by atoms with Gasteiger partial charge in [0, 0.05) is 64.0 Å². The zero-order valence-electron chi connectivity index (χ0n) is 25.1. The molecule has 1 saturated heterocycles. The molecule has 0 unspecified atom stereocenters.